The number of ether oxygens (including phenoxy) is 1. The minimum Gasteiger partial charge on any atom is -0.372 e. The Balaban J connectivity index is 1.97. The Kier molecular flexibility index (Phi) is 3.29. The summed E-state index contributed by atoms with van der Waals surface area (Å²) in [6.45, 7) is 3.21. The van der Waals surface area contributed by atoms with Crippen molar-refractivity contribution in [1.29, 1.82) is 0 Å². The van der Waals surface area contributed by atoms with Crippen LogP contribution >= 0.6 is 11.6 Å². The van der Waals surface area contributed by atoms with Gasteiger partial charge in [0.05, 0.1) is 18.6 Å². The molecule has 1 unspecified atom stereocenters. The van der Waals surface area contributed by atoms with Gasteiger partial charge in [0.15, 0.2) is 0 Å². The van der Waals surface area contributed by atoms with Crippen LogP contribution in [0.4, 0.5) is 4.39 Å². The lowest BCUT2D eigenvalue weighted by molar-refractivity contribution is 0.134. The zero-order chi connectivity index (χ0) is 13.4. The van der Waals surface area contributed by atoms with Crippen LogP contribution in [0.25, 0.3) is 0 Å². The molecule has 0 spiro atoms. The quantitative estimate of drug-likeness (QED) is 0.734. The highest BCUT2D eigenvalue weighted by Gasteiger charge is 2.17. The van der Waals surface area contributed by atoms with Gasteiger partial charge in [-0.3, -0.25) is 0 Å². The monoisotopic (exact) mass is 276 g/mol. The molecule has 0 saturated carbocycles. The summed E-state index contributed by atoms with van der Waals surface area (Å²) in [6, 6.07) is 10.9. The van der Waals surface area contributed by atoms with E-state index >= 15 is 0 Å². The van der Waals surface area contributed by atoms with E-state index < -0.39 is 0 Å². The Morgan fingerprint density at radius 3 is 2.68 bits per heavy atom. The fourth-order valence-electron chi connectivity index (χ4n) is 2.45. The highest BCUT2D eigenvalue weighted by Crippen LogP contribution is 2.33. The average molecular weight is 277 g/mol. The first-order chi connectivity index (χ1) is 9.15. The molecule has 0 bridgehead atoms. The lowest BCUT2D eigenvalue weighted by Gasteiger charge is -2.14. The second-order valence-electron chi connectivity index (χ2n) is 4.88. The minimum absolute atomic E-state index is 0.229. The van der Waals surface area contributed by atoms with Gasteiger partial charge in [-0.05, 0) is 46.9 Å². The van der Waals surface area contributed by atoms with Gasteiger partial charge in [-0.25, -0.2) is 4.39 Å². The second-order valence-corrected chi connectivity index (χ2v) is 5.32. The highest BCUT2D eigenvalue weighted by atomic mass is 35.5. The van der Waals surface area contributed by atoms with Crippen LogP contribution in [0.3, 0.4) is 0 Å². The van der Waals surface area contributed by atoms with Crippen molar-refractivity contribution >= 4 is 11.6 Å². The molecule has 0 N–H and O–H groups in total. The van der Waals surface area contributed by atoms with Gasteiger partial charge in [0, 0.05) is 0 Å². The molecule has 2 aromatic carbocycles. The van der Waals surface area contributed by atoms with Crippen molar-refractivity contribution in [3.63, 3.8) is 0 Å². The van der Waals surface area contributed by atoms with Gasteiger partial charge in [0.1, 0.15) is 5.82 Å². The molecule has 1 atom stereocenters. The highest BCUT2D eigenvalue weighted by molar-refractivity contribution is 6.22. The first-order valence-electron chi connectivity index (χ1n) is 6.25. The third-order valence-corrected chi connectivity index (χ3v) is 4.03. The molecule has 98 valence electrons. The second kappa shape index (κ2) is 4.95. The summed E-state index contributed by atoms with van der Waals surface area (Å²) < 4.78 is 18.5. The Morgan fingerprint density at radius 1 is 1.11 bits per heavy atom. The van der Waals surface area contributed by atoms with Crippen molar-refractivity contribution < 1.29 is 9.13 Å². The smallest absolute Gasteiger partial charge is 0.123 e. The van der Waals surface area contributed by atoms with Gasteiger partial charge in [0.25, 0.3) is 0 Å². The van der Waals surface area contributed by atoms with Crippen LogP contribution in [0.1, 0.15) is 33.2 Å². The van der Waals surface area contributed by atoms with Crippen molar-refractivity contribution in [1.82, 2.24) is 0 Å². The van der Waals surface area contributed by atoms with E-state index in [0.29, 0.717) is 13.2 Å². The number of benzene rings is 2. The van der Waals surface area contributed by atoms with Crippen LogP contribution in [0.2, 0.25) is 0 Å². The van der Waals surface area contributed by atoms with Crippen LogP contribution in [-0.4, -0.2) is 0 Å². The molecule has 0 fully saturated rings. The third-order valence-electron chi connectivity index (χ3n) is 3.54. The van der Waals surface area contributed by atoms with E-state index in [2.05, 4.69) is 12.1 Å². The number of aryl methyl sites for hydroxylation is 1. The van der Waals surface area contributed by atoms with E-state index in [1.807, 2.05) is 13.0 Å². The van der Waals surface area contributed by atoms with Gasteiger partial charge >= 0.3 is 0 Å². The zero-order valence-electron chi connectivity index (χ0n) is 10.6. The molecule has 1 aliphatic heterocycles. The first-order valence-corrected chi connectivity index (χ1v) is 6.68. The maximum atomic E-state index is 13.1. The van der Waals surface area contributed by atoms with E-state index in [0.717, 1.165) is 16.7 Å². The standard InChI is InChI=1S/C16H14ClFO/c1-10-6-14(18)4-5-15(10)16(17)11-2-3-12-8-19-9-13(12)7-11/h2-7,16H,8-9H2,1H3. The Hall–Kier alpha value is -1.38. The number of fused-ring (bicyclic) bond motifs is 1. The molecule has 3 rings (SSSR count). The van der Waals surface area contributed by atoms with Crippen LogP contribution in [0, 0.1) is 12.7 Å². The number of rotatable bonds is 2. The molecular formula is C16H14ClFO. The van der Waals surface area contributed by atoms with Crippen LogP contribution < -0.4 is 0 Å². The molecule has 2 aromatic rings. The summed E-state index contributed by atoms with van der Waals surface area (Å²) in [7, 11) is 0. The first kappa shape index (κ1) is 12.6. The van der Waals surface area contributed by atoms with Crippen molar-refractivity contribution in [2.45, 2.75) is 25.5 Å². The molecule has 0 aromatic heterocycles. The van der Waals surface area contributed by atoms with E-state index in [1.165, 1.54) is 23.3 Å². The molecule has 0 saturated heterocycles. The maximum Gasteiger partial charge on any atom is 0.123 e. The fraction of sp³-hybridized carbons (Fsp3) is 0.250. The molecule has 1 aliphatic rings. The fourth-order valence-corrected chi connectivity index (χ4v) is 2.83. The Morgan fingerprint density at radius 2 is 1.89 bits per heavy atom. The summed E-state index contributed by atoms with van der Waals surface area (Å²) in [6.07, 6.45) is 0. The SMILES string of the molecule is Cc1cc(F)ccc1C(Cl)c1ccc2c(c1)COC2. The van der Waals surface area contributed by atoms with Crippen LogP contribution in [0.15, 0.2) is 36.4 Å². The van der Waals surface area contributed by atoms with E-state index in [-0.39, 0.29) is 11.2 Å². The molecular weight excluding hydrogens is 263 g/mol. The third kappa shape index (κ3) is 2.38. The van der Waals surface area contributed by atoms with E-state index in [9.17, 15) is 4.39 Å². The molecule has 1 nitrogen and oxygen atoms in total. The van der Waals surface area contributed by atoms with Gasteiger partial charge in [-0.1, -0.05) is 24.3 Å². The summed E-state index contributed by atoms with van der Waals surface area (Å²) in [5, 5.41) is -0.258. The number of hydrogen-bond acceptors (Lipinski definition) is 1. The topological polar surface area (TPSA) is 9.23 Å². The largest absolute Gasteiger partial charge is 0.372 e. The molecule has 19 heavy (non-hydrogen) atoms. The average Bonchev–Trinajstić information content (AvgIpc) is 2.85. The van der Waals surface area contributed by atoms with E-state index in [4.69, 9.17) is 16.3 Å². The van der Waals surface area contributed by atoms with Crippen molar-refractivity contribution in [3.05, 3.63) is 70.0 Å². The van der Waals surface area contributed by atoms with Crippen LogP contribution in [-0.2, 0) is 18.0 Å². The van der Waals surface area contributed by atoms with Gasteiger partial charge in [0.2, 0.25) is 0 Å². The van der Waals surface area contributed by atoms with Crippen molar-refractivity contribution in [2.24, 2.45) is 0 Å². The van der Waals surface area contributed by atoms with E-state index in [1.54, 1.807) is 6.07 Å². The number of hydrogen-bond donors (Lipinski definition) is 0. The van der Waals surface area contributed by atoms with Gasteiger partial charge < -0.3 is 4.74 Å². The van der Waals surface area contributed by atoms with Gasteiger partial charge in [-0.2, -0.15) is 0 Å². The number of halogens is 2. The van der Waals surface area contributed by atoms with Crippen LogP contribution in [0.5, 0.6) is 0 Å². The molecule has 0 radical (unpaired) electrons. The predicted molar refractivity (Wildman–Crippen MR) is 73.8 cm³/mol. The minimum atomic E-state index is -0.258. The summed E-state index contributed by atoms with van der Waals surface area (Å²) in [5.41, 5.74) is 5.27. The maximum absolute atomic E-state index is 13.1. The predicted octanol–water partition coefficient (Wildman–Crippen LogP) is 4.49. The molecule has 1 heterocycles. The van der Waals surface area contributed by atoms with Crippen molar-refractivity contribution in [2.75, 3.05) is 0 Å². The zero-order valence-corrected chi connectivity index (χ0v) is 11.4. The Labute approximate surface area is 117 Å². The normalized spacial score (nSPS) is 15.3. The molecule has 0 aliphatic carbocycles. The molecule has 3 heteroatoms. The van der Waals surface area contributed by atoms with Gasteiger partial charge in [-0.15, -0.1) is 11.6 Å². The summed E-state index contributed by atoms with van der Waals surface area (Å²) in [4.78, 5) is 0. The summed E-state index contributed by atoms with van der Waals surface area (Å²) >= 11 is 6.53. The summed E-state index contributed by atoms with van der Waals surface area (Å²) in [5.74, 6) is -0.229. The molecule has 0 amide bonds. The van der Waals surface area contributed by atoms with Crippen molar-refractivity contribution in [3.8, 4) is 0 Å². The Bertz CT molecular complexity index is 624. The number of alkyl halides is 1. The lowest BCUT2D eigenvalue weighted by atomic mass is 9.97. The lowest BCUT2D eigenvalue weighted by Crippen LogP contribution is -1.98.